The highest BCUT2D eigenvalue weighted by Crippen LogP contribution is 2.25. The zero-order valence-corrected chi connectivity index (χ0v) is 12.0. The van der Waals surface area contributed by atoms with Crippen molar-refractivity contribution in [2.75, 3.05) is 5.73 Å². The van der Waals surface area contributed by atoms with Crippen LogP contribution in [0.15, 0.2) is 16.6 Å². The van der Waals surface area contributed by atoms with Gasteiger partial charge in [0.25, 0.3) is 10.0 Å². The number of thiazole rings is 1. The smallest absolute Gasteiger partial charge is 0.260 e. The molecule has 8 heteroatoms. The van der Waals surface area contributed by atoms with Gasteiger partial charge in [0.2, 0.25) is 0 Å². The molecule has 0 aliphatic heterocycles. The fraction of sp³-hybridized carbons (Fsp3) is 0.545. The lowest BCUT2D eigenvalue weighted by Crippen LogP contribution is -2.36. The first kappa shape index (κ1) is 12.9. The number of imidazole rings is 1. The highest BCUT2D eigenvalue weighted by atomic mass is 32.2. The van der Waals surface area contributed by atoms with Crippen LogP contribution in [0.5, 0.6) is 0 Å². The number of nitrogens with two attached hydrogens (primary N) is 1. The van der Waals surface area contributed by atoms with Gasteiger partial charge in [-0.25, -0.2) is 18.1 Å². The summed E-state index contributed by atoms with van der Waals surface area (Å²) in [5, 5.41) is 1.86. The van der Waals surface area contributed by atoms with E-state index in [4.69, 9.17) is 5.73 Å². The van der Waals surface area contributed by atoms with Crippen LogP contribution in [0.2, 0.25) is 0 Å². The normalized spacial score (nSPS) is 18.1. The Morgan fingerprint density at radius 1 is 1.37 bits per heavy atom. The van der Waals surface area contributed by atoms with Crippen LogP contribution < -0.4 is 10.5 Å². The monoisotopic (exact) mass is 300 g/mol. The number of nitrogens with one attached hydrogen (secondary N) is 1. The molecular weight excluding hydrogens is 284 g/mol. The average Bonchev–Trinajstić information content (AvgIpc) is 2.88. The summed E-state index contributed by atoms with van der Waals surface area (Å²) in [6, 6.07) is 0.0161. The SMILES string of the molecule is Nc1nc2sccn2c1S(=O)(=O)NC1CCCCC1. The van der Waals surface area contributed by atoms with Crippen molar-refractivity contribution in [1.82, 2.24) is 14.1 Å². The van der Waals surface area contributed by atoms with Crippen molar-refractivity contribution in [2.24, 2.45) is 0 Å². The van der Waals surface area contributed by atoms with Crippen LogP contribution in [0.1, 0.15) is 32.1 Å². The van der Waals surface area contributed by atoms with Crippen molar-refractivity contribution < 1.29 is 8.42 Å². The Hall–Kier alpha value is -1.12. The Balaban J connectivity index is 1.94. The predicted octanol–water partition coefficient (Wildman–Crippen LogP) is 1.59. The number of hydrogen-bond donors (Lipinski definition) is 2. The first-order valence-corrected chi connectivity index (χ1v) is 8.67. The molecule has 2 aromatic rings. The van der Waals surface area contributed by atoms with Crippen LogP contribution in [0.3, 0.4) is 0 Å². The van der Waals surface area contributed by atoms with E-state index in [2.05, 4.69) is 9.71 Å². The minimum atomic E-state index is -3.61. The number of aromatic nitrogens is 2. The summed E-state index contributed by atoms with van der Waals surface area (Å²) in [5.74, 6) is 0.0650. The third kappa shape index (κ3) is 2.35. The zero-order valence-electron chi connectivity index (χ0n) is 10.4. The third-order valence-corrected chi connectivity index (χ3v) is 5.74. The summed E-state index contributed by atoms with van der Waals surface area (Å²) in [6.07, 6.45) is 6.79. The van der Waals surface area contributed by atoms with E-state index in [1.807, 2.05) is 0 Å². The fourth-order valence-corrected chi connectivity index (χ4v) is 4.84. The van der Waals surface area contributed by atoms with Crippen molar-refractivity contribution in [3.8, 4) is 0 Å². The Kier molecular flexibility index (Phi) is 3.23. The minimum absolute atomic E-state index is 0.0161. The quantitative estimate of drug-likeness (QED) is 0.900. The van der Waals surface area contributed by atoms with Crippen LogP contribution in [0.4, 0.5) is 5.82 Å². The van der Waals surface area contributed by atoms with Crippen molar-refractivity contribution in [3.63, 3.8) is 0 Å². The number of rotatable bonds is 3. The molecule has 2 aromatic heterocycles. The summed E-state index contributed by atoms with van der Waals surface area (Å²) >= 11 is 1.36. The molecule has 1 aliphatic rings. The van der Waals surface area contributed by atoms with E-state index in [-0.39, 0.29) is 16.9 Å². The number of fused-ring (bicyclic) bond motifs is 1. The highest BCUT2D eigenvalue weighted by Gasteiger charge is 2.27. The molecule has 1 fully saturated rings. The molecule has 0 radical (unpaired) electrons. The van der Waals surface area contributed by atoms with Gasteiger partial charge in [-0.2, -0.15) is 0 Å². The van der Waals surface area contributed by atoms with Gasteiger partial charge in [0.05, 0.1) is 0 Å². The number of nitrogen functional groups attached to an aromatic ring is 1. The van der Waals surface area contributed by atoms with Gasteiger partial charge < -0.3 is 5.73 Å². The van der Waals surface area contributed by atoms with Gasteiger partial charge in [-0.3, -0.25) is 4.40 Å². The molecule has 19 heavy (non-hydrogen) atoms. The number of sulfonamides is 1. The first-order valence-electron chi connectivity index (χ1n) is 6.31. The van der Waals surface area contributed by atoms with Crippen LogP contribution in [-0.4, -0.2) is 23.8 Å². The lowest BCUT2D eigenvalue weighted by atomic mass is 9.96. The molecule has 0 amide bonds. The number of anilines is 1. The molecule has 0 atom stereocenters. The number of nitrogens with zero attached hydrogens (tertiary/aromatic N) is 2. The van der Waals surface area contributed by atoms with Crippen LogP contribution >= 0.6 is 11.3 Å². The molecule has 0 bridgehead atoms. The maximum absolute atomic E-state index is 12.4. The maximum atomic E-state index is 12.4. The lowest BCUT2D eigenvalue weighted by Gasteiger charge is -2.22. The van der Waals surface area contributed by atoms with Gasteiger partial charge in [0.1, 0.15) is 0 Å². The predicted molar refractivity (Wildman–Crippen MR) is 74.7 cm³/mol. The molecule has 0 aromatic carbocycles. The molecule has 1 saturated carbocycles. The van der Waals surface area contributed by atoms with Crippen molar-refractivity contribution in [1.29, 1.82) is 0 Å². The third-order valence-electron chi connectivity index (χ3n) is 3.43. The van der Waals surface area contributed by atoms with Crippen LogP contribution in [0, 0.1) is 0 Å². The van der Waals surface area contributed by atoms with Crippen LogP contribution in [0.25, 0.3) is 4.96 Å². The van der Waals surface area contributed by atoms with E-state index in [0.717, 1.165) is 25.7 Å². The molecule has 3 rings (SSSR count). The Morgan fingerprint density at radius 2 is 2.11 bits per heavy atom. The molecule has 0 saturated heterocycles. The molecule has 0 unspecified atom stereocenters. The van der Waals surface area contributed by atoms with E-state index >= 15 is 0 Å². The first-order chi connectivity index (χ1) is 9.08. The molecule has 3 N–H and O–H groups in total. The molecule has 104 valence electrons. The summed E-state index contributed by atoms with van der Waals surface area (Å²) < 4.78 is 29.2. The van der Waals surface area contributed by atoms with Gasteiger partial charge in [-0.15, -0.1) is 11.3 Å². The largest absolute Gasteiger partial charge is 0.381 e. The van der Waals surface area contributed by atoms with E-state index in [1.54, 1.807) is 11.6 Å². The second-order valence-corrected chi connectivity index (χ2v) is 7.32. The highest BCUT2D eigenvalue weighted by molar-refractivity contribution is 7.89. The average molecular weight is 300 g/mol. The second-order valence-electron chi connectivity index (χ2n) is 4.81. The van der Waals surface area contributed by atoms with Crippen molar-refractivity contribution >= 4 is 32.1 Å². The Morgan fingerprint density at radius 3 is 2.84 bits per heavy atom. The van der Waals surface area contributed by atoms with Gasteiger partial charge in [-0.05, 0) is 12.8 Å². The molecule has 1 aliphatic carbocycles. The summed E-state index contributed by atoms with van der Waals surface area (Å²) in [4.78, 5) is 4.67. The summed E-state index contributed by atoms with van der Waals surface area (Å²) in [7, 11) is -3.61. The Bertz CT molecular complexity index is 683. The van der Waals surface area contributed by atoms with Gasteiger partial charge in [0, 0.05) is 17.6 Å². The lowest BCUT2D eigenvalue weighted by molar-refractivity contribution is 0.411. The van der Waals surface area contributed by atoms with E-state index < -0.39 is 10.0 Å². The minimum Gasteiger partial charge on any atom is -0.381 e. The summed E-state index contributed by atoms with van der Waals surface area (Å²) in [6.45, 7) is 0. The second kappa shape index (κ2) is 4.77. The fourth-order valence-electron chi connectivity index (χ4n) is 2.54. The molecule has 6 nitrogen and oxygen atoms in total. The van der Waals surface area contributed by atoms with Gasteiger partial charge in [0.15, 0.2) is 15.8 Å². The topological polar surface area (TPSA) is 89.5 Å². The summed E-state index contributed by atoms with van der Waals surface area (Å²) in [5.41, 5.74) is 5.74. The molecular formula is C11H16N4O2S2. The van der Waals surface area contributed by atoms with Crippen molar-refractivity contribution in [3.05, 3.63) is 11.6 Å². The molecule has 0 spiro atoms. The van der Waals surface area contributed by atoms with Gasteiger partial charge in [-0.1, -0.05) is 19.3 Å². The standard InChI is InChI=1S/C11H16N4O2S2/c12-9-10(15-6-7-18-11(15)13-9)19(16,17)14-8-4-2-1-3-5-8/h6-8,14H,1-5,12H2. The van der Waals surface area contributed by atoms with E-state index in [9.17, 15) is 8.42 Å². The molecule has 2 heterocycles. The van der Waals surface area contributed by atoms with E-state index in [1.165, 1.54) is 22.2 Å². The van der Waals surface area contributed by atoms with E-state index in [0.29, 0.717) is 4.96 Å². The Labute approximate surface area is 115 Å². The van der Waals surface area contributed by atoms with Crippen LogP contribution in [-0.2, 0) is 10.0 Å². The zero-order chi connectivity index (χ0) is 13.5. The number of hydrogen-bond acceptors (Lipinski definition) is 5. The van der Waals surface area contributed by atoms with Gasteiger partial charge >= 0.3 is 0 Å². The maximum Gasteiger partial charge on any atom is 0.260 e. The van der Waals surface area contributed by atoms with Crippen molar-refractivity contribution in [2.45, 2.75) is 43.2 Å².